The molecule has 0 amide bonds. The lowest BCUT2D eigenvalue weighted by molar-refractivity contribution is -0.173. The molecule has 92 valence electrons. The molecule has 0 radical (unpaired) electrons. The maximum atomic E-state index is 12.0. The summed E-state index contributed by atoms with van der Waals surface area (Å²) < 4.78 is 11.1. The van der Waals surface area contributed by atoms with Crippen molar-refractivity contribution in [1.29, 1.82) is 0 Å². The number of esters is 1. The van der Waals surface area contributed by atoms with Gasteiger partial charge in [0.15, 0.2) is 0 Å². The summed E-state index contributed by atoms with van der Waals surface area (Å²) in [5.41, 5.74) is 4.77. The van der Waals surface area contributed by atoms with Crippen molar-refractivity contribution < 1.29 is 14.3 Å². The van der Waals surface area contributed by atoms with Crippen LogP contribution in [0.2, 0.25) is 0 Å². The largest absolute Gasteiger partial charge is 0.459 e. The van der Waals surface area contributed by atoms with E-state index in [4.69, 9.17) is 15.2 Å². The predicted octanol–water partition coefficient (Wildman–Crippen LogP) is 1.22. The molecule has 1 aliphatic carbocycles. The number of rotatable bonds is 2. The molecule has 4 nitrogen and oxygen atoms in total. The highest BCUT2D eigenvalue weighted by molar-refractivity contribution is 5.80. The zero-order valence-electron chi connectivity index (χ0n) is 10.5. The Morgan fingerprint density at radius 1 is 1.44 bits per heavy atom. The van der Waals surface area contributed by atoms with Crippen molar-refractivity contribution in [2.45, 2.75) is 57.8 Å². The van der Waals surface area contributed by atoms with Crippen LogP contribution in [0.5, 0.6) is 0 Å². The molecule has 3 rings (SSSR count). The Balaban J connectivity index is 2.02. The molecule has 16 heavy (non-hydrogen) atoms. The second-order valence-corrected chi connectivity index (χ2v) is 6.28. The van der Waals surface area contributed by atoms with Gasteiger partial charge in [0.25, 0.3) is 0 Å². The van der Waals surface area contributed by atoms with Crippen LogP contribution in [-0.2, 0) is 14.3 Å². The Hall–Kier alpha value is -0.610. The van der Waals surface area contributed by atoms with Crippen LogP contribution >= 0.6 is 0 Å². The number of fused-ring (bicyclic) bond motifs is 1. The first-order valence-corrected chi connectivity index (χ1v) is 5.82. The highest BCUT2D eigenvalue weighted by Gasteiger charge is 2.68. The summed E-state index contributed by atoms with van der Waals surface area (Å²) in [6, 6.07) is -0.0226. The van der Waals surface area contributed by atoms with Crippen molar-refractivity contribution in [3.8, 4) is 0 Å². The molecule has 3 fully saturated rings. The highest BCUT2D eigenvalue weighted by Crippen LogP contribution is 2.59. The van der Waals surface area contributed by atoms with Crippen LogP contribution in [0.25, 0.3) is 0 Å². The number of nitrogens with two attached hydrogens (primary N) is 1. The Morgan fingerprint density at radius 2 is 2.00 bits per heavy atom. The van der Waals surface area contributed by atoms with E-state index in [2.05, 4.69) is 0 Å². The maximum Gasteiger partial charge on any atom is 0.315 e. The third-order valence-electron chi connectivity index (χ3n) is 3.57. The molecule has 3 aliphatic rings. The molecular weight excluding hydrogens is 206 g/mol. The van der Waals surface area contributed by atoms with Crippen molar-refractivity contribution in [2.75, 3.05) is 6.61 Å². The van der Waals surface area contributed by atoms with Crippen molar-refractivity contribution in [3.05, 3.63) is 0 Å². The van der Waals surface area contributed by atoms with Crippen LogP contribution in [0.4, 0.5) is 0 Å². The molecule has 1 saturated carbocycles. The van der Waals surface area contributed by atoms with Crippen LogP contribution in [0.15, 0.2) is 0 Å². The normalized spacial score (nSPS) is 39.1. The lowest BCUT2D eigenvalue weighted by atomic mass is 9.60. The van der Waals surface area contributed by atoms with Crippen LogP contribution < -0.4 is 5.73 Å². The van der Waals surface area contributed by atoms with Crippen LogP contribution in [0, 0.1) is 5.41 Å². The van der Waals surface area contributed by atoms with E-state index in [9.17, 15) is 4.79 Å². The van der Waals surface area contributed by atoms with Gasteiger partial charge in [0.2, 0.25) is 0 Å². The molecule has 0 aromatic carbocycles. The topological polar surface area (TPSA) is 61.6 Å². The van der Waals surface area contributed by atoms with Crippen molar-refractivity contribution in [1.82, 2.24) is 0 Å². The maximum absolute atomic E-state index is 12.0. The summed E-state index contributed by atoms with van der Waals surface area (Å²) in [6.45, 7) is 8.05. The van der Waals surface area contributed by atoms with E-state index in [0.717, 1.165) is 0 Å². The minimum atomic E-state index is -0.430. The lowest BCUT2D eigenvalue weighted by Crippen LogP contribution is -2.57. The molecule has 2 aliphatic heterocycles. The lowest BCUT2D eigenvalue weighted by Gasteiger charge is -2.45. The molecule has 2 bridgehead atoms. The SMILES string of the molecule is CC(N)C12CC(C(=O)OC(C)(C)C)(CO1)C2. The molecular formula is C12H21NO3. The predicted molar refractivity (Wildman–Crippen MR) is 59.8 cm³/mol. The van der Waals surface area contributed by atoms with E-state index in [1.54, 1.807) is 0 Å². The molecule has 0 aromatic rings. The van der Waals surface area contributed by atoms with Gasteiger partial charge in [-0.2, -0.15) is 0 Å². The Bertz CT molecular complexity index is 311. The van der Waals surface area contributed by atoms with Crippen LogP contribution in [0.3, 0.4) is 0 Å². The molecule has 0 spiro atoms. The van der Waals surface area contributed by atoms with Crippen LogP contribution in [0.1, 0.15) is 40.5 Å². The molecule has 1 atom stereocenters. The first kappa shape index (κ1) is 11.9. The van der Waals surface area contributed by atoms with E-state index < -0.39 is 11.0 Å². The molecule has 2 saturated heterocycles. The number of hydrogen-bond donors (Lipinski definition) is 1. The van der Waals surface area contributed by atoms with E-state index in [0.29, 0.717) is 19.4 Å². The van der Waals surface area contributed by atoms with Crippen LogP contribution in [-0.4, -0.2) is 29.8 Å². The number of carbonyl (C=O) groups excluding carboxylic acids is 1. The highest BCUT2D eigenvalue weighted by atomic mass is 16.6. The van der Waals surface area contributed by atoms with E-state index in [-0.39, 0.29) is 17.6 Å². The molecule has 4 heteroatoms. The summed E-state index contributed by atoms with van der Waals surface area (Å²) in [4.78, 5) is 12.0. The summed E-state index contributed by atoms with van der Waals surface area (Å²) in [5, 5.41) is 0. The zero-order chi connectivity index (χ0) is 12.2. The summed E-state index contributed by atoms with van der Waals surface area (Å²) in [6.07, 6.45) is 1.43. The molecule has 2 heterocycles. The standard InChI is InChI=1S/C12H21NO3/c1-8(13)12-5-11(6-12,7-15-12)9(14)16-10(2,3)4/h8H,5-7,13H2,1-4H3. The van der Waals surface area contributed by atoms with E-state index in [1.165, 1.54) is 0 Å². The van der Waals surface area contributed by atoms with Gasteiger partial charge in [0, 0.05) is 6.04 Å². The van der Waals surface area contributed by atoms with Gasteiger partial charge in [0.05, 0.1) is 17.6 Å². The molecule has 0 aromatic heterocycles. The minimum absolute atomic E-state index is 0.0226. The first-order valence-electron chi connectivity index (χ1n) is 5.82. The summed E-state index contributed by atoms with van der Waals surface area (Å²) in [5.74, 6) is -0.131. The minimum Gasteiger partial charge on any atom is -0.459 e. The molecule has 2 N–H and O–H groups in total. The third-order valence-corrected chi connectivity index (χ3v) is 3.57. The average molecular weight is 227 g/mol. The van der Waals surface area contributed by atoms with E-state index >= 15 is 0 Å². The van der Waals surface area contributed by atoms with Gasteiger partial charge < -0.3 is 15.2 Å². The van der Waals surface area contributed by atoms with Crippen molar-refractivity contribution in [3.63, 3.8) is 0 Å². The van der Waals surface area contributed by atoms with Gasteiger partial charge in [-0.25, -0.2) is 0 Å². The first-order chi connectivity index (χ1) is 7.19. The van der Waals surface area contributed by atoms with Gasteiger partial charge in [-0.3, -0.25) is 4.79 Å². The number of ether oxygens (including phenoxy) is 2. The quantitative estimate of drug-likeness (QED) is 0.721. The number of hydrogen-bond acceptors (Lipinski definition) is 4. The Labute approximate surface area is 96.5 Å². The van der Waals surface area contributed by atoms with Gasteiger partial charge in [-0.1, -0.05) is 0 Å². The van der Waals surface area contributed by atoms with Crippen molar-refractivity contribution >= 4 is 5.97 Å². The van der Waals surface area contributed by atoms with Gasteiger partial charge in [-0.05, 0) is 40.5 Å². The Morgan fingerprint density at radius 3 is 2.38 bits per heavy atom. The third kappa shape index (κ3) is 1.64. The monoisotopic (exact) mass is 227 g/mol. The summed E-state index contributed by atoms with van der Waals surface area (Å²) >= 11 is 0. The van der Waals surface area contributed by atoms with Gasteiger partial charge >= 0.3 is 5.97 Å². The zero-order valence-corrected chi connectivity index (χ0v) is 10.5. The average Bonchev–Trinajstić information content (AvgIpc) is 2.53. The fourth-order valence-corrected chi connectivity index (χ4v) is 2.62. The van der Waals surface area contributed by atoms with Crippen molar-refractivity contribution in [2.24, 2.45) is 11.1 Å². The summed E-state index contributed by atoms with van der Waals surface area (Å²) in [7, 11) is 0. The fraction of sp³-hybridized carbons (Fsp3) is 0.917. The second-order valence-electron chi connectivity index (χ2n) is 6.28. The van der Waals surface area contributed by atoms with Gasteiger partial charge in [0.1, 0.15) is 5.60 Å². The second kappa shape index (κ2) is 3.20. The van der Waals surface area contributed by atoms with Gasteiger partial charge in [-0.15, -0.1) is 0 Å². The fourth-order valence-electron chi connectivity index (χ4n) is 2.62. The Kier molecular flexibility index (Phi) is 2.37. The van der Waals surface area contributed by atoms with E-state index in [1.807, 2.05) is 27.7 Å². The molecule has 1 unspecified atom stereocenters. The number of carbonyl (C=O) groups is 1. The smallest absolute Gasteiger partial charge is 0.315 e.